The second kappa shape index (κ2) is 6.37. The maximum atomic E-state index is 12.0. The molecule has 1 aromatic heterocycles. The molecular formula is C16H20N2O2. The lowest BCUT2D eigenvalue weighted by Crippen LogP contribution is -2.16. The van der Waals surface area contributed by atoms with Crippen molar-refractivity contribution in [2.24, 2.45) is 0 Å². The van der Waals surface area contributed by atoms with E-state index in [0.29, 0.717) is 12.2 Å². The maximum absolute atomic E-state index is 12.0. The van der Waals surface area contributed by atoms with E-state index in [-0.39, 0.29) is 5.56 Å². The van der Waals surface area contributed by atoms with Crippen LogP contribution in [0.4, 0.5) is 0 Å². The van der Waals surface area contributed by atoms with E-state index in [0.717, 1.165) is 35.7 Å². The number of nitrogens with zero attached hydrogens (tertiary/aromatic N) is 1. The van der Waals surface area contributed by atoms with Crippen LogP contribution in [0.3, 0.4) is 0 Å². The van der Waals surface area contributed by atoms with E-state index in [1.54, 1.807) is 6.92 Å². The molecule has 1 N–H and O–H groups in total. The summed E-state index contributed by atoms with van der Waals surface area (Å²) in [4.78, 5) is 19.4. The van der Waals surface area contributed by atoms with Gasteiger partial charge in [-0.1, -0.05) is 6.92 Å². The highest BCUT2D eigenvalue weighted by atomic mass is 16.5. The van der Waals surface area contributed by atoms with Gasteiger partial charge in [-0.15, -0.1) is 0 Å². The van der Waals surface area contributed by atoms with Gasteiger partial charge in [-0.2, -0.15) is 0 Å². The molecule has 0 saturated carbocycles. The minimum absolute atomic E-state index is 0.0627. The van der Waals surface area contributed by atoms with E-state index in [1.807, 2.05) is 31.2 Å². The van der Waals surface area contributed by atoms with Gasteiger partial charge in [0.25, 0.3) is 5.56 Å². The Kier molecular flexibility index (Phi) is 4.56. The van der Waals surface area contributed by atoms with Crippen LogP contribution >= 0.6 is 0 Å². The Morgan fingerprint density at radius 1 is 1.20 bits per heavy atom. The highest BCUT2D eigenvalue weighted by Crippen LogP contribution is 2.22. The van der Waals surface area contributed by atoms with Gasteiger partial charge in [0.05, 0.1) is 12.3 Å². The van der Waals surface area contributed by atoms with Crippen LogP contribution in [0.1, 0.15) is 31.7 Å². The predicted octanol–water partition coefficient (Wildman–Crippen LogP) is 3.10. The molecule has 4 heteroatoms. The summed E-state index contributed by atoms with van der Waals surface area (Å²) in [6.07, 6.45) is 1.73. The number of aromatic amines is 1. The molecule has 0 spiro atoms. The van der Waals surface area contributed by atoms with Crippen LogP contribution < -0.4 is 10.3 Å². The largest absolute Gasteiger partial charge is 0.494 e. The van der Waals surface area contributed by atoms with E-state index < -0.39 is 0 Å². The molecule has 0 aliphatic rings. The van der Waals surface area contributed by atoms with E-state index in [1.165, 1.54) is 0 Å². The second-order valence-electron chi connectivity index (χ2n) is 4.69. The molecule has 106 valence electrons. The Morgan fingerprint density at radius 3 is 2.50 bits per heavy atom. The van der Waals surface area contributed by atoms with Gasteiger partial charge >= 0.3 is 0 Å². The summed E-state index contributed by atoms with van der Waals surface area (Å²) in [7, 11) is 0. The maximum Gasteiger partial charge on any atom is 0.254 e. The Morgan fingerprint density at radius 2 is 1.90 bits per heavy atom. The quantitative estimate of drug-likeness (QED) is 0.910. The van der Waals surface area contributed by atoms with Crippen LogP contribution in [-0.2, 0) is 6.42 Å². The highest BCUT2D eigenvalue weighted by molar-refractivity contribution is 5.63. The summed E-state index contributed by atoms with van der Waals surface area (Å²) >= 11 is 0. The fourth-order valence-corrected chi connectivity index (χ4v) is 2.09. The topological polar surface area (TPSA) is 55.0 Å². The summed E-state index contributed by atoms with van der Waals surface area (Å²) < 4.78 is 5.42. The monoisotopic (exact) mass is 272 g/mol. The number of benzene rings is 1. The Labute approximate surface area is 118 Å². The Balaban J connectivity index is 2.42. The van der Waals surface area contributed by atoms with Gasteiger partial charge in [0.15, 0.2) is 0 Å². The lowest BCUT2D eigenvalue weighted by atomic mass is 10.1. The molecule has 0 unspecified atom stereocenters. The van der Waals surface area contributed by atoms with Gasteiger partial charge in [0.1, 0.15) is 11.6 Å². The third kappa shape index (κ3) is 3.07. The van der Waals surface area contributed by atoms with E-state index >= 15 is 0 Å². The zero-order valence-electron chi connectivity index (χ0n) is 12.2. The van der Waals surface area contributed by atoms with Crippen molar-refractivity contribution in [3.8, 4) is 17.0 Å². The zero-order valence-corrected chi connectivity index (χ0v) is 12.2. The first-order chi connectivity index (χ1) is 9.65. The number of hydrogen-bond donors (Lipinski definition) is 1. The zero-order chi connectivity index (χ0) is 14.5. The molecule has 2 aromatic rings. The van der Waals surface area contributed by atoms with Gasteiger partial charge in [-0.25, -0.2) is 4.98 Å². The fourth-order valence-electron chi connectivity index (χ4n) is 2.09. The Bertz CT molecular complexity index is 630. The lowest BCUT2D eigenvalue weighted by Gasteiger charge is -2.08. The van der Waals surface area contributed by atoms with Gasteiger partial charge in [-0.3, -0.25) is 4.79 Å². The van der Waals surface area contributed by atoms with E-state index in [2.05, 4.69) is 16.9 Å². The molecule has 0 amide bonds. The van der Waals surface area contributed by atoms with Gasteiger partial charge in [-0.05, 0) is 44.5 Å². The first-order valence-electron chi connectivity index (χ1n) is 6.98. The summed E-state index contributed by atoms with van der Waals surface area (Å²) in [6, 6.07) is 7.69. The molecule has 0 bridgehead atoms. The van der Waals surface area contributed by atoms with Crippen molar-refractivity contribution in [2.45, 2.75) is 33.6 Å². The van der Waals surface area contributed by atoms with Gasteiger partial charge < -0.3 is 9.72 Å². The van der Waals surface area contributed by atoms with Crippen molar-refractivity contribution in [1.29, 1.82) is 0 Å². The van der Waals surface area contributed by atoms with Crippen LogP contribution in [0.2, 0.25) is 0 Å². The van der Waals surface area contributed by atoms with Crippen molar-refractivity contribution < 1.29 is 4.74 Å². The first-order valence-corrected chi connectivity index (χ1v) is 6.98. The molecule has 1 heterocycles. The molecule has 0 fully saturated rings. The summed E-state index contributed by atoms with van der Waals surface area (Å²) in [5.74, 6) is 1.57. The molecule has 0 aliphatic heterocycles. The van der Waals surface area contributed by atoms with Crippen LogP contribution in [-0.4, -0.2) is 16.6 Å². The number of hydrogen-bond acceptors (Lipinski definition) is 3. The van der Waals surface area contributed by atoms with Crippen LogP contribution in [0.5, 0.6) is 5.75 Å². The van der Waals surface area contributed by atoms with Crippen molar-refractivity contribution in [2.75, 3.05) is 6.61 Å². The second-order valence-corrected chi connectivity index (χ2v) is 4.69. The predicted molar refractivity (Wildman–Crippen MR) is 80.2 cm³/mol. The van der Waals surface area contributed by atoms with E-state index in [4.69, 9.17) is 4.74 Å². The number of rotatable bonds is 5. The average molecular weight is 272 g/mol. The molecule has 0 radical (unpaired) electrons. The molecule has 0 atom stereocenters. The van der Waals surface area contributed by atoms with Crippen LogP contribution in [0.25, 0.3) is 11.3 Å². The first kappa shape index (κ1) is 14.3. The summed E-state index contributed by atoms with van der Waals surface area (Å²) in [6.45, 7) is 6.46. The molecule has 0 aliphatic carbocycles. The van der Waals surface area contributed by atoms with Crippen molar-refractivity contribution >= 4 is 0 Å². The number of H-pyrrole nitrogens is 1. The molecule has 20 heavy (non-hydrogen) atoms. The number of aromatic nitrogens is 2. The molecule has 2 rings (SSSR count). The van der Waals surface area contributed by atoms with Gasteiger partial charge in [0, 0.05) is 17.5 Å². The highest BCUT2D eigenvalue weighted by Gasteiger charge is 2.09. The van der Waals surface area contributed by atoms with Crippen molar-refractivity contribution in [1.82, 2.24) is 9.97 Å². The third-order valence-electron chi connectivity index (χ3n) is 3.13. The Hall–Kier alpha value is -2.10. The van der Waals surface area contributed by atoms with Crippen LogP contribution in [0, 0.1) is 6.92 Å². The molecule has 4 nitrogen and oxygen atoms in total. The normalized spacial score (nSPS) is 10.6. The number of aryl methyl sites for hydroxylation is 1. The minimum atomic E-state index is -0.0627. The average Bonchev–Trinajstić information content (AvgIpc) is 2.44. The van der Waals surface area contributed by atoms with E-state index in [9.17, 15) is 4.79 Å². The fraction of sp³-hybridized carbons (Fsp3) is 0.375. The number of ether oxygens (including phenoxy) is 1. The SMILES string of the molecule is CCCc1nc(-c2ccc(OCC)cc2)c(C)c(=O)[nH]1. The summed E-state index contributed by atoms with van der Waals surface area (Å²) in [5.41, 5.74) is 2.27. The molecule has 0 saturated heterocycles. The van der Waals surface area contributed by atoms with Crippen molar-refractivity contribution in [3.63, 3.8) is 0 Å². The molecular weight excluding hydrogens is 252 g/mol. The van der Waals surface area contributed by atoms with Gasteiger partial charge in [0.2, 0.25) is 0 Å². The standard InChI is InChI=1S/C16H20N2O2/c1-4-6-14-17-15(11(3)16(19)18-14)12-7-9-13(10-8-12)20-5-2/h7-10H,4-6H2,1-3H3,(H,17,18,19). The molecule has 1 aromatic carbocycles. The minimum Gasteiger partial charge on any atom is -0.494 e. The summed E-state index contributed by atoms with van der Waals surface area (Å²) in [5, 5.41) is 0. The lowest BCUT2D eigenvalue weighted by molar-refractivity contribution is 0.340. The van der Waals surface area contributed by atoms with Crippen molar-refractivity contribution in [3.05, 3.63) is 46.0 Å². The third-order valence-corrected chi connectivity index (χ3v) is 3.13. The van der Waals surface area contributed by atoms with Crippen LogP contribution in [0.15, 0.2) is 29.1 Å². The smallest absolute Gasteiger partial charge is 0.254 e. The number of nitrogens with one attached hydrogen (secondary N) is 1.